The molecular formula is C10H14N2O. The molecule has 0 unspecified atom stereocenters. The van der Waals surface area contributed by atoms with Crippen LogP contribution in [0.15, 0.2) is 24.3 Å². The van der Waals surface area contributed by atoms with E-state index in [1.165, 1.54) is 12.8 Å². The Kier molecular flexibility index (Phi) is 2.36. The van der Waals surface area contributed by atoms with Crippen LogP contribution in [0.2, 0.25) is 0 Å². The number of hydrogen-bond donors (Lipinski definition) is 2. The Bertz CT molecular complexity index is 265. The summed E-state index contributed by atoms with van der Waals surface area (Å²) in [7, 11) is 0. The van der Waals surface area contributed by atoms with Crippen molar-refractivity contribution in [2.75, 3.05) is 18.1 Å². The third-order valence-electron chi connectivity index (χ3n) is 2.27. The van der Waals surface area contributed by atoms with Crippen LogP contribution in [0.5, 0.6) is 5.75 Å². The Balaban J connectivity index is 2.10. The molecule has 3 heteroatoms. The van der Waals surface area contributed by atoms with Gasteiger partial charge in [-0.25, -0.2) is 5.43 Å². The van der Waals surface area contributed by atoms with Crippen LogP contribution in [0.4, 0.5) is 5.69 Å². The molecule has 0 atom stereocenters. The molecule has 1 aromatic rings. The zero-order chi connectivity index (χ0) is 9.10. The summed E-state index contributed by atoms with van der Waals surface area (Å²) in [4.78, 5) is 0. The van der Waals surface area contributed by atoms with Gasteiger partial charge in [0.15, 0.2) is 0 Å². The zero-order valence-corrected chi connectivity index (χ0v) is 7.53. The van der Waals surface area contributed by atoms with E-state index in [1.54, 1.807) is 12.1 Å². The molecule has 13 heavy (non-hydrogen) atoms. The molecule has 1 aliphatic heterocycles. The third kappa shape index (κ3) is 1.92. The molecule has 0 amide bonds. The number of hydrazine groups is 1. The van der Waals surface area contributed by atoms with Gasteiger partial charge < -0.3 is 10.1 Å². The number of aromatic hydroxyl groups is 1. The smallest absolute Gasteiger partial charge is 0.115 e. The number of benzene rings is 1. The molecule has 0 spiro atoms. The minimum atomic E-state index is 0.320. The Morgan fingerprint density at radius 3 is 2.54 bits per heavy atom. The lowest BCUT2D eigenvalue weighted by Crippen LogP contribution is -2.43. The fourth-order valence-electron chi connectivity index (χ4n) is 1.54. The molecule has 0 radical (unpaired) electrons. The summed E-state index contributed by atoms with van der Waals surface area (Å²) < 4.78 is 0. The zero-order valence-electron chi connectivity index (χ0n) is 7.53. The molecule has 2 N–H and O–H groups in total. The summed E-state index contributed by atoms with van der Waals surface area (Å²) in [5, 5.41) is 11.2. The van der Waals surface area contributed by atoms with Crippen LogP contribution >= 0.6 is 0 Å². The van der Waals surface area contributed by atoms with Gasteiger partial charge in [-0.15, -0.1) is 0 Å². The summed E-state index contributed by atoms with van der Waals surface area (Å²) in [6.45, 7) is 2.09. The van der Waals surface area contributed by atoms with E-state index in [0.29, 0.717) is 5.75 Å². The molecule has 70 valence electrons. The van der Waals surface area contributed by atoms with Gasteiger partial charge in [0.05, 0.1) is 5.69 Å². The monoisotopic (exact) mass is 178 g/mol. The first-order chi connectivity index (χ1) is 6.36. The first-order valence-corrected chi connectivity index (χ1v) is 4.66. The van der Waals surface area contributed by atoms with Gasteiger partial charge in [0.25, 0.3) is 0 Å². The number of anilines is 1. The molecule has 1 saturated heterocycles. The molecule has 1 heterocycles. The van der Waals surface area contributed by atoms with E-state index < -0.39 is 0 Å². The minimum absolute atomic E-state index is 0.320. The summed E-state index contributed by atoms with van der Waals surface area (Å²) in [5.41, 5.74) is 4.43. The highest BCUT2D eigenvalue weighted by molar-refractivity contribution is 5.47. The van der Waals surface area contributed by atoms with Gasteiger partial charge in [0.2, 0.25) is 0 Å². The van der Waals surface area contributed by atoms with E-state index in [-0.39, 0.29) is 0 Å². The first-order valence-electron chi connectivity index (χ1n) is 4.66. The molecule has 0 aromatic heterocycles. The maximum absolute atomic E-state index is 9.12. The molecule has 0 aliphatic carbocycles. The van der Waals surface area contributed by atoms with Gasteiger partial charge in [-0.2, -0.15) is 0 Å². The maximum atomic E-state index is 9.12. The predicted octanol–water partition coefficient (Wildman–Crippen LogP) is 1.50. The van der Waals surface area contributed by atoms with Crippen LogP contribution in [0.25, 0.3) is 0 Å². The quantitative estimate of drug-likeness (QED) is 0.684. The lowest BCUT2D eigenvalue weighted by atomic mass is 10.2. The van der Waals surface area contributed by atoms with Gasteiger partial charge in [0, 0.05) is 13.1 Å². The number of rotatable bonds is 1. The largest absolute Gasteiger partial charge is 0.508 e. The van der Waals surface area contributed by atoms with E-state index in [1.807, 2.05) is 12.1 Å². The summed E-state index contributed by atoms with van der Waals surface area (Å²) in [6.07, 6.45) is 2.47. The lowest BCUT2D eigenvalue weighted by molar-refractivity contribution is 0.474. The van der Waals surface area contributed by atoms with Gasteiger partial charge >= 0.3 is 0 Å². The Hall–Kier alpha value is -1.22. The summed E-state index contributed by atoms with van der Waals surface area (Å²) in [5.74, 6) is 0.320. The molecule has 1 aliphatic rings. The van der Waals surface area contributed by atoms with Crippen LogP contribution in [0, 0.1) is 0 Å². The van der Waals surface area contributed by atoms with Crippen molar-refractivity contribution >= 4 is 5.69 Å². The van der Waals surface area contributed by atoms with Crippen molar-refractivity contribution in [2.24, 2.45) is 0 Å². The Morgan fingerprint density at radius 2 is 1.92 bits per heavy atom. The minimum Gasteiger partial charge on any atom is -0.508 e. The van der Waals surface area contributed by atoms with Gasteiger partial charge in [0.1, 0.15) is 5.75 Å². The van der Waals surface area contributed by atoms with Crippen molar-refractivity contribution in [2.45, 2.75) is 12.8 Å². The number of hydrogen-bond acceptors (Lipinski definition) is 3. The lowest BCUT2D eigenvalue weighted by Gasteiger charge is -2.29. The molecule has 3 nitrogen and oxygen atoms in total. The fraction of sp³-hybridized carbons (Fsp3) is 0.400. The van der Waals surface area contributed by atoms with Crippen LogP contribution in [0.3, 0.4) is 0 Å². The molecular weight excluding hydrogens is 164 g/mol. The van der Waals surface area contributed by atoms with Crippen LogP contribution in [-0.4, -0.2) is 18.2 Å². The van der Waals surface area contributed by atoms with Crippen LogP contribution in [-0.2, 0) is 0 Å². The standard InChI is InChI=1S/C10H14N2O/c13-10-5-3-9(4-6-10)12-8-2-1-7-11-12/h3-6,11,13H,1-2,7-8H2. The van der Waals surface area contributed by atoms with Crippen LogP contribution in [0.1, 0.15) is 12.8 Å². The summed E-state index contributed by atoms with van der Waals surface area (Å²) in [6, 6.07) is 7.28. The van der Waals surface area contributed by atoms with E-state index in [9.17, 15) is 0 Å². The van der Waals surface area contributed by atoms with Crippen molar-refractivity contribution in [3.05, 3.63) is 24.3 Å². The van der Waals surface area contributed by atoms with E-state index >= 15 is 0 Å². The Labute approximate surface area is 78.0 Å². The van der Waals surface area contributed by atoms with Crippen molar-refractivity contribution in [3.63, 3.8) is 0 Å². The molecule has 0 saturated carbocycles. The number of nitrogens with one attached hydrogen (secondary N) is 1. The highest BCUT2D eigenvalue weighted by atomic mass is 16.3. The number of nitrogens with zero attached hydrogens (tertiary/aromatic N) is 1. The number of phenols is 1. The normalized spacial score (nSPS) is 17.4. The topological polar surface area (TPSA) is 35.5 Å². The maximum Gasteiger partial charge on any atom is 0.115 e. The molecule has 2 rings (SSSR count). The second-order valence-electron chi connectivity index (χ2n) is 3.28. The van der Waals surface area contributed by atoms with Gasteiger partial charge in [-0.05, 0) is 37.1 Å². The van der Waals surface area contributed by atoms with E-state index in [2.05, 4.69) is 10.4 Å². The molecule has 0 bridgehead atoms. The molecule has 1 fully saturated rings. The number of phenolic OH excluding ortho intramolecular Hbond substituents is 1. The van der Waals surface area contributed by atoms with Crippen molar-refractivity contribution in [3.8, 4) is 5.75 Å². The van der Waals surface area contributed by atoms with Crippen LogP contribution < -0.4 is 10.4 Å². The van der Waals surface area contributed by atoms with Gasteiger partial charge in [-0.1, -0.05) is 0 Å². The third-order valence-corrected chi connectivity index (χ3v) is 2.27. The van der Waals surface area contributed by atoms with Crippen molar-refractivity contribution < 1.29 is 5.11 Å². The van der Waals surface area contributed by atoms with Gasteiger partial charge in [-0.3, -0.25) is 0 Å². The molecule has 1 aromatic carbocycles. The van der Waals surface area contributed by atoms with Crippen molar-refractivity contribution in [1.82, 2.24) is 5.43 Å². The fourth-order valence-corrected chi connectivity index (χ4v) is 1.54. The second kappa shape index (κ2) is 3.66. The average molecular weight is 178 g/mol. The van der Waals surface area contributed by atoms with E-state index in [0.717, 1.165) is 18.8 Å². The highest BCUT2D eigenvalue weighted by Gasteiger charge is 2.09. The highest BCUT2D eigenvalue weighted by Crippen LogP contribution is 2.18. The average Bonchev–Trinajstić information content (AvgIpc) is 2.20. The Morgan fingerprint density at radius 1 is 1.15 bits per heavy atom. The first kappa shape index (κ1) is 8.38. The van der Waals surface area contributed by atoms with E-state index in [4.69, 9.17) is 5.11 Å². The summed E-state index contributed by atoms with van der Waals surface area (Å²) >= 11 is 0. The SMILES string of the molecule is Oc1ccc(N2CCCCN2)cc1. The predicted molar refractivity (Wildman–Crippen MR) is 52.7 cm³/mol. The second-order valence-corrected chi connectivity index (χ2v) is 3.28. The van der Waals surface area contributed by atoms with Crippen molar-refractivity contribution in [1.29, 1.82) is 0 Å².